The Hall–Kier alpha value is -3.01. The largest absolute Gasteiger partial charge is 0.364 e. The molecule has 0 radical (unpaired) electrons. The molecule has 3 aromatic carbocycles. The van der Waals surface area contributed by atoms with Crippen LogP contribution in [0.1, 0.15) is 28.8 Å². The summed E-state index contributed by atoms with van der Waals surface area (Å²) in [4.78, 5) is 4.80. The van der Waals surface area contributed by atoms with Crippen molar-refractivity contribution in [2.45, 2.75) is 18.5 Å². The van der Waals surface area contributed by atoms with Gasteiger partial charge in [0, 0.05) is 6.42 Å². The summed E-state index contributed by atoms with van der Waals surface area (Å²) in [6.45, 7) is 0. The zero-order chi connectivity index (χ0) is 17.9. The number of nitrogens with one attached hydrogen (secondary N) is 1. The van der Waals surface area contributed by atoms with E-state index in [4.69, 9.17) is 4.99 Å². The molecule has 0 saturated heterocycles. The molecule has 1 aliphatic rings. The average molecular weight is 348 g/mol. The van der Waals surface area contributed by atoms with Crippen LogP contribution in [0.3, 0.4) is 0 Å². The first-order valence-corrected chi connectivity index (χ1v) is 8.58. The molecule has 0 fully saturated rings. The molecule has 1 aliphatic heterocycles. The van der Waals surface area contributed by atoms with Crippen molar-refractivity contribution in [3.05, 3.63) is 107 Å². The Morgan fingerprint density at radius 2 is 1.42 bits per heavy atom. The van der Waals surface area contributed by atoms with Crippen LogP contribution in [0.15, 0.2) is 83.9 Å². The number of halogens is 2. The van der Waals surface area contributed by atoms with Gasteiger partial charge in [0.15, 0.2) is 11.6 Å². The Labute approximate surface area is 151 Å². The highest BCUT2D eigenvalue weighted by Crippen LogP contribution is 2.36. The van der Waals surface area contributed by atoms with Crippen LogP contribution in [-0.2, 0) is 6.42 Å². The van der Waals surface area contributed by atoms with E-state index in [0.29, 0.717) is 11.4 Å². The van der Waals surface area contributed by atoms with Crippen LogP contribution >= 0.6 is 0 Å². The number of rotatable bonds is 4. The van der Waals surface area contributed by atoms with E-state index in [2.05, 4.69) is 17.4 Å². The fourth-order valence-electron chi connectivity index (χ4n) is 3.34. The van der Waals surface area contributed by atoms with Crippen LogP contribution in [-0.4, -0.2) is 5.84 Å². The van der Waals surface area contributed by atoms with Gasteiger partial charge in [0.2, 0.25) is 0 Å². The molecule has 4 rings (SSSR count). The van der Waals surface area contributed by atoms with Crippen molar-refractivity contribution < 1.29 is 8.78 Å². The first-order valence-electron chi connectivity index (χ1n) is 8.58. The van der Waals surface area contributed by atoms with Crippen LogP contribution in [0.4, 0.5) is 8.78 Å². The minimum absolute atomic E-state index is 0.0368. The number of benzene rings is 3. The molecular weight excluding hydrogens is 330 g/mol. The van der Waals surface area contributed by atoms with Crippen LogP contribution in [0.25, 0.3) is 0 Å². The molecule has 2 nitrogen and oxygen atoms in total. The Morgan fingerprint density at radius 3 is 2.12 bits per heavy atom. The molecule has 26 heavy (non-hydrogen) atoms. The lowest BCUT2D eigenvalue weighted by Gasteiger charge is -2.19. The molecule has 0 aromatic heterocycles. The second-order valence-corrected chi connectivity index (χ2v) is 6.35. The molecule has 0 spiro atoms. The van der Waals surface area contributed by atoms with Crippen molar-refractivity contribution in [3.63, 3.8) is 0 Å². The summed E-state index contributed by atoms with van der Waals surface area (Å²) in [6, 6.07) is 24.2. The molecule has 0 aliphatic carbocycles. The van der Waals surface area contributed by atoms with Crippen LogP contribution in [0, 0.1) is 11.6 Å². The van der Waals surface area contributed by atoms with Gasteiger partial charge in [0.05, 0.1) is 6.04 Å². The van der Waals surface area contributed by atoms with Crippen molar-refractivity contribution in [2.75, 3.05) is 0 Å². The topological polar surface area (TPSA) is 24.4 Å². The highest BCUT2D eigenvalue weighted by atomic mass is 19.2. The first kappa shape index (κ1) is 16.5. The summed E-state index contributed by atoms with van der Waals surface area (Å²) in [5.41, 5.74) is 2.50. The number of nitrogens with zero attached hydrogens (tertiary/aromatic N) is 1. The molecule has 0 amide bonds. The number of amidine groups is 1. The molecule has 3 aromatic rings. The Kier molecular flexibility index (Phi) is 4.48. The molecule has 0 saturated carbocycles. The number of hydrogen-bond donors (Lipinski definition) is 1. The van der Waals surface area contributed by atoms with E-state index < -0.39 is 11.6 Å². The standard InChI is InChI=1S/C22H18F2N2/c23-18-13-7-12-17(20(18)24)14-19-25-21(15-8-3-1-4-9-15)22(26-19)16-10-5-2-6-11-16/h1-13,21-22H,14H2,(H,25,26). The molecule has 1 N–H and O–H groups in total. The number of aliphatic imine (C=N–C) groups is 1. The Balaban J connectivity index is 1.67. The third-order valence-corrected chi connectivity index (χ3v) is 4.62. The molecule has 1 heterocycles. The third-order valence-electron chi connectivity index (χ3n) is 4.62. The van der Waals surface area contributed by atoms with Crippen LogP contribution in [0.5, 0.6) is 0 Å². The normalized spacial score (nSPS) is 19.1. The van der Waals surface area contributed by atoms with E-state index in [0.717, 1.165) is 17.2 Å². The first-order chi connectivity index (χ1) is 12.7. The van der Waals surface area contributed by atoms with Gasteiger partial charge in [-0.15, -0.1) is 0 Å². The maximum Gasteiger partial charge on any atom is 0.162 e. The van der Waals surface area contributed by atoms with Gasteiger partial charge in [-0.1, -0.05) is 72.8 Å². The van der Waals surface area contributed by atoms with Gasteiger partial charge in [-0.2, -0.15) is 0 Å². The van der Waals surface area contributed by atoms with Gasteiger partial charge in [-0.05, 0) is 22.8 Å². The van der Waals surface area contributed by atoms with Crippen molar-refractivity contribution in [2.24, 2.45) is 4.99 Å². The van der Waals surface area contributed by atoms with Crippen molar-refractivity contribution >= 4 is 5.84 Å². The second kappa shape index (κ2) is 7.08. The predicted octanol–water partition coefficient (Wildman–Crippen LogP) is 4.99. The second-order valence-electron chi connectivity index (χ2n) is 6.35. The van der Waals surface area contributed by atoms with Crippen LogP contribution in [0.2, 0.25) is 0 Å². The van der Waals surface area contributed by atoms with E-state index in [1.54, 1.807) is 6.07 Å². The molecule has 0 bridgehead atoms. The summed E-state index contributed by atoms with van der Waals surface area (Å²) < 4.78 is 27.5. The van der Waals surface area contributed by atoms with E-state index in [-0.39, 0.29) is 18.5 Å². The molecule has 2 unspecified atom stereocenters. The maximum absolute atomic E-state index is 14.0. The van der Waals surface area contributed by atoms with Gasteiger partial charge in [0.1, 0.15) is 11.9 Å². The highest BCUT2D eigenvalue weighted by Gasteiger charge is 2.31. The Morgan fingerprint density at radius 1 is 0.769 bits per heavy atom. The lowest BCUT2D eigenvalue weighted by molar-refractivity contribution is 0.501. The van der Waals surface area contributed by atoms with Crippen molar-refractivity contribution in [1.82, 2.24) is 5.32 Å². The smallest absolute Gasteiger partial charge is 0.162 e. The van der Waals surface area contributed by atoms with E-state index in [9.17, 15) is 8.78 Å². The Bertz CT molecular complexity index is 923. The predicted molar refractivity (Wildman–Crippen MR) is 99.0 cm³/mol. The van der Waals surface area contributed by atoms with Crippen molar-refractivity contribution in [1.29, 1.82) is 0 Å². The summed E-state index contributed by atoms with van der Waals surface area (Å²) in [6.07, 6.45) is 0.232. The fraction of sp³-hybridized carbons (Fsp3) is 0.136. The molecular formula is C22H18F2N2. The van der Waals surface area contributed by atoms with E-state index in [1.807, 2.05) is 48.5 Å². The summed E-state index contributed by atoms with van der Waals surface area (Å²) >= 11 is 0. The van der Waals surface area contributed by atoms with E-state index >= 15 is 0 Å². The quantitative estimate of drug-likeness (QED) is 0.706. The summed E-state index contributed by atoms with van der Waals surface area (Å²) in [5, 5.41) is 3.41. The van der Waals surface area contributed by atoms with Gasteiger partial charge in [-0.25, -0.2) is 8.78 Å². The maximum atomic E-state index is 14.0. The van der Waals surface area contributed by atoms with E-state index in [1.165, 1.54) is 6.07 Å². The SMILES string of the molecule is Fc1cccc(CC2=NC(c3ccccc3)C(c3ccccc3)N2)c1F. The highest BCUT2D eigenvalue weighted by molar-refractivity contribution is 5.87. The van der Waals surface area contributed by atoms with Gasteiger partial charge >= 0.3 is 0 Å². The third kappa shape index (κ3) is 3.23. The minimum atomic E-state index is -0.833. The molecule has 4 heteroatoms. The van der Waals surface area contributed by atoms with Crippen molar-refractivity contribution in [3.8, 4) is 0 Å². The van der Waals surface area contributed by atoms with Gasteiger partial charge in [-0.3, -0.25) is 4.99 Å². The molecule has 130 valence electrons. The zero-order valence-corrected chi connectivity index (χ0v) is 14.1. The van der Waals surface area contributed by atoms with Gasteiger partial charge < -0.3 is 5.32 Å². The molecule has 2 atom stereocenters. The fourth-order valence-corrected chi connectivity index (χ4v) is 3.34. The minimum Gasteiger partial charge on any atom is -0.364 e. The average Bonchev–Trinajstić information content (AvgIpc) is 3.11. The monoisotopic (exact) mass is 348 g/mol. The summed E-state index contributed by atoms with van der Waals surface area (Å²) in [5.74, 6) is -0.978. The lowest BCUT2D eigenvalue weighted by Crippen LogP contribution is -2.26. The summed E-state index contributed by atoms with van der Waals surface area (Å²) in [7, 11) is 0. The zero-order valence-electron chi connectivity index (χ0n) is 14.1. The lowest BCUT2D eigenvalue weighted by atomic mass is 9.95. The number of hydrogen-bond acceptors (Lipinski definition) is 2. The van der Waals surface area contributed by atoms with Crippen LogP contribution < -0.4 is 5.32 Å². The van der Waals surface area contributed by atoms with Gasteiger partial charge in [0.25, 0.3) is 0 Å².